The first-order valence-corrected chi connectivity index (χ1v) is 11.4. The number of hydrogen-bond acceptors (Lipinski definition) is 7. The molecule has 4 N–H and O–H groups in total. The van der Waals surface area contributed by atoms with Crippen LogP contribution in [0.2, 0.25) is 0 Å². The lowest BCUT2D eigenvalue weighted by Gasteiger charge is -2.33. The number of carbonyl (C=O) groups excluding carboxylic acids is 2. The van der Waals surface area contributed by atoms with Crippen LogP contribution in [0.1, 0.15) is 25.7 Å². The molecule has 3 rings (SSSR count). The predicted octanol–water partition coefficient (Wildman–Crippen LogP) is -1.62. The number of nitrogens with zero attached hydrogens (tertiary/aromatic N) is 4. The van der Waals surface area contributed by atoms with Crippen molar-refractivity contribution in [3.63, 3.8) is 0 Å². The van der Waals surface area contributed by atoms with Gasteiger partial charge in [0.15, 0.2) is 12.4 Å². The maximum absolute atomic E-state index is 12.6. The Hall–Kier alpha value is -2.34. The molecule has 1 spiro atoms. The third kappa shape index (κ3) is 3.90. The van der Waals surface area contributed by atoms with Crippen LogP contribution in [0.4, 0.5) is 0 Å². The lowest BCUT2D eigenvalue weighted by atomic mass is 9.93. The van der Waals surface area contributed by atoms with Crippen molar-refractivity contribution < 1.29 is 22.8 Å². The topological polar surface area (TPSA) is 152 Å². The van der Waals surface area contributed by atoms with Gasteiger partial charge in [0, 0.05) is 33.2 Å². The number of amidine groups is 1. The largest absolute Gasteiger partial charge is 0.399 e. The molecule has 2 amide bonds. The molecule has 0 bridgehead atoms. The van der Waals surface area contributed by atoms with Crippen molar-refractivity contribution >= 4 is 27.7 Å². The summed E-state index contributed by atoms with van der Waals surface area (Å²) >= 11 is 0. The summed E-state index contributed by atoms with van der Waals surface area (Å²) in [4.78, 5) is 33.1. The SMILES string of the molecule is CN1C(=O)C(/C(N)=N/OCC(=O)N2CCN(S(C)(=O)=O)CC2)=C(N)C12CCCC2. The smallest absolute Gasteiger partial charge is 0.263 e. The van der Waals surface area contributed by atoms with Crippen LogP contribution in [-0.4, -0.2) is 91.8 Å². The van der Waals surface area contributed by atoms with Crippen LogP contribution in [0.15, 0.2) is 16.4 Å². The van der Waals surface area contributed by atoms with E-state index >= 15 is 0 Å². The molecule has 11 nitrogen and oxygen atoms in total. The van der Waals surface area contributed by atoms with E-state index in [1.165, 1.54) is 9.21 Å². The number of sulfonamides is 1. The molecule has 1 saturated carbocycles. The van der Waals surface area contributed by atoms with Crippen molar-refractivity contribution in [3.05, 3.63) is 11.3 Å². The van der Waals surface area contributed by atoms with Crippen molar-refractivity contribution in [1.29, 1.82) is 0 Å². The Balaban J connectivity index is 1.59. The molecule has 0 aromatic heterocycles. The summed E-state index contributed by atoms with van der Waals surface area (Å²) < 4.78 is 24.4. The van der Waals surface area contributed by atoms with Crippen LogP contribution in [0.3, 0.4) is 0 Å². The van der Waals surface area contributed by atoms with Crippen LogP contribution >= 0.6 is 0 Å². The number of likely N-dealkylation sites (N-methyl/N-ethyl adjacent to an activating group) is 1. The second kappa shape index (κ2) is 7.82. The molecule has 0 aromatic carbocycles. The first-order chi connectivity index (χ1) is 13.6. The highest BCUT2D eigenvalue weighted by Gasteiger charge is 2.51. The number of hydrogen-bond donors (Lipinski definition) is 2. The molecular formula is C17H28N6O5S. The third-order valence-corrected chi connectivity index (χ3v) is 7.33. The molecule has 29 heavy (non-hydrogen) atoms. The van der Waals surface area contributed by atoms with E-state index in [0.717, 1.165) is 31.9 Å². The minimum Gasteiger partial charge on any atom is -0.399 e. The molecule has 3 aliphatic rings. The molecule has 12 heteroatoms. The molecule has 0 aromatic rings. The fourth-order valence-corrected chi connectivity index (χ4v) is 5.09. The molecule has 2 aliphatic heterocycles. The fraction of sp³-hybridized carbons (Fsp3) is 0.706. The average Bonchev–Trinajstić information content (AvgIpc) is 3.23. The second-order valence-electron chi connectivity index (χ2n) is 7.68. The van der Waals surface area contributed by atoms with Gasteiger partial charge in [0.2, 0.25) is 10.0 Å². The molecule has 2 heterocycles. The van der Waals surface area contributed by atoms with Crippen LogP contribution in [0.25, 0.3) is 0 Å². The quantitative estimate of drug-likeness (QED) is 0.303. The lowest BCUT2D eigenvalue weighted by molar-refractivity contribution is -0.137. The fourth-order valence-electron chi connectivity index (χ4n) is 4.27. The average molecular weight is 429 g/mol. The molecule has 0 unspecified atom stereocenters. The predicted molar refractivity (Wildman–Crippen MR) is 106 cm³/mol. The maximum atomic E-state index is 12.6. The van der Waals surface area contributed by atoms with Gasteiger partial charge in [-0.1, -0.05) is 18.0 Å². The van der Waals surface area contributed by atoms with E-state index in [0.29, 0.717) is 5.70 Å². The van der Waals surface area contributed by atoms with Crippen LogP contribution in [0, 0.1) is 0 Å². The summed E-state index contributed by atoms with van der Waals surface area (Å²) in [5.74, 6) is -0.769. The van der Waals surface area contributed by atoms with Crippen molar-refractivity contribution in [1.82, 2.24) is 14.1 Å². The summed E-state index contributed by atoms with van der Waals surface area (Å²) in [6, 6.07) is 0. The Morgan fingerprint density at radius 1 is 1.21 bits per heavy atom. The summed E-state index contributed by atoms with van der Waals surface area (Å²) in [6.45, 7) is 0.670. The Labute approximate surface area is 170 Å². The molecule has 1 aliphatic carbocycles. The Kier molecular flexibility index (Phi) is 5.77. The van der Waals surface area contributed by atoms with Crippen molar-refractivity contribution in [2.45, 2.75) is 31.2 Å². The van der Waals surface area contributed by atoms with E-state index in [1.807, 2.05) is 0 Å². The summed E-state index contributed by atoms with van der Waals surface area (Å²) in [5, 5.41) is 3.74. The number of rotatable bonds is 5. The van der Waals surface area contributed by atoms with Crippen molar-refractivity contribution in [3.8, 4) is 0 Å². The van der Waals surface area contributed by atoms with Gasteiger partial charge in [0.25, 0.3) is 11.8 Å². The van der Waals surface area contributed by atoms with Gasteiger partial charge < -0.3 is 26.1 Å². The first-order valence-electron chi connectivity index (χ1n) is 9.55. The second-order valence-corrected chi connectivity index (χ2v) is 9.67. The summed E-state index contributed by atoms with van der Waals surface area (Å²) in [6.07, 6.45) is 4.69. The van der Waals surface area contributed by atoms with Gasteiger partial charge in [-0.25, -0.2) is 8.42 Å². The van der Waals surface area contributed by atoms with E-state index < -0.39 is 15.6 Å². The minimum atomic E-state index is -3.26. The van der Waals surface area contributed by atoms with Crippen molar-refractivity contribution in [2.75, 3.05) is 46.1 Å². The van der Waals surface area contributed by atoms with Gasteiger partial charge in [0.05, 0.1) is 17.5 Å². The minimum absolute atomic E-state index is 0.141. The zero-order chi connectivity index (χ0) is 21.4. The highest BCUT2D eigenvalue weighted by Crippen LogP contribution is 2.44. The lowest BCUT2D eigenvalue weighted by Crippen LogP contribution is -2.51. The van der Waals surface area contributed by atoms with E-state index in [9.17, 15) is 18.0 Å². The third-order valence-electron chi connectivity index (χ3n) is 6.03. The Morgan fingerprint density at radius 3 is 2.34 bits per heavy atom. The Bertz CT molecular complexity index is 854. The summed E-state index contributed by atoms with van der Waals surface area (Å²) in [5.41, 5.74) is 12.3. The molecular weight excluding hydrogens is 400 g/mol. The normalized spacial score (nSPS) is 23.4. The van der Waals surface area contributed by atoms with E-state index in [1.54, 1.807) is 11.9 Å². The van der Waals surface area contributed by atoms with Gasteiger partial charge in [-0.15, -0.1) is 0 Å². The van der Waals surface area contributed by atoms with E-state index in [2.05, 4.69) is 5.16 Å². The van der Waals surface area contributed by atoms with Crippen LogP contribution in [0.5, 0.6) is 0 Å². The number of amides is 2. The van der Waals surface area contributed by atoms with Gasteiger partial charge in [-0.05, 0) is 12.8 Å². The molecule has 0 atom stereocenters. The number of oxime groups is 1. The number of piperazine rings is 1. The zero-order valence-electron chi connectivity index (χ0n) is 16.8. The van der Waals surface area contributed by atoms with Crippen LogP contribution < -0.4 is 11.5 Å². The maximum Gasteiger partial charge on any atom is 0.263 e. The monoisotopic (exact) mass is 428 g/mol. The number of carbonyl (C=O) groups is 2. The molecule has 162 valence electrons. The van der Waals surface area contributed by atoms with Gasteiger partial charge >= 0.3 is 0 Å². The number of nitrogens with two attached hydrogens (primary N) is 2. The van der Waals surface area contributed by atoms with Gasteiger partial charge in [0.1, 0.15) is 5.57 Å². The Morgan fingerprint density at radius 2 is 1.79 bits per heavy atom. The van der Waals surface area contributed by atoms with Crippen LogP contribution in [-0.2, 0) is 24.4 Å². The molecule has 2 fully saturated rings. The van der Waals surface area contributed by atoms with E-state index in [4.69, 9.17) is 16.3 Å². The van der Waals surface area contributed by atoms with Gasteiger partial charge in [-0.2, -0.15) is 4.31 Å². The first kappa shape index (κ1) is 21.4. The van der Waals surface area contributed by atoms with Gasteiger partial charge in [-0.3, -0.25) is 9.59 Å². The highest BCUT2D eigenvalue weighted by atomic mass is 32.2. The molecule has 0 radical (unpaired) electrons. The standard InChI is InChI=1S/C17H28N6O5S/c1-21-16(25)13(14(18)17(21)5-3-4-6-17)15(19)20-28-11-12(24)22-7-9-23(10-8-22)29(2,26)27/h3-11,18H2,1-2H3,(H2,19,20). The molecule has 1 saturated heterocycles. The highest BCUT2D eigenvalue weighted by molar-refractivity contribution is 7.88. The summed E-state index contributed by atoms with van der Waals surface area (Å²) in [7, 11) is -1.55. The van der Waals surface area contributed by atoms with Crippen molar-refractivity contribution in [2.24, 2.45) is 16.6 Å². The van der Waals surface area contributed by atoms with E-state index in [-0.39, 0.29) is 56.0 Å². The zero-order valence-corrected chi connectivity index (χ0v) is 17.6.